The van der Waals surface area contributed by atoms with Gasteiger partial charge in [0.1, 0.15) is 11.2 Å². The maximum Gasteiger partial charge on any atom is 0.143 e. The third-order valence-electron chi connectivity index (χ3n) is 18.5. The Hall–Kier alpha value is -10.5. The van der Waals surface area contributed by atoms with E-state index in [0.717, 1.165) is 63.0 Å². The van der Waals surface area contributed by atoms with Crippen molar-refractivity contribution in [1.82, 2.24) is 4.57 Å². The van der Waals surface area contributed by atoms with Gasteiger partial charge in [-0.25, -0.2) is 0 Å². The molecule has 1 unspecified atom stereocenters. The number of benzene rings is 13. The minimum absolute atomic E-state index is 0.627. The second-order valence-corrected chi connectivity index (χ2v) is 22.5. The molecule has 2 aromatic heterocycles. The zero-order chi connectivity index (χ0) is 53.6. The third kappa shape index (κ3) is 6.20. The molecule has 1 atom stereocenters. The lowest BCUT2D eigenvalue weighted by Crippen LogP contribution is -2.33. The van der Waals surface area contributed by atoms with Gasteiger partial charge in [-0.05, 0) is 139 Å². The Labute approximate surface area is 474 Å². The zero-order valence-corrected chi connectivity index (χ0v) is 44.8. The predicted octanol–water partition coefficient (Wildman–Crippen LogP) is 20.5. The summed E-state index contributed by atoms with van der Waals surface area (Å²) < 4.78 is 9.21. The van der Waals surface area contributed by atoms with Crippen molar-refractivity contribution in [3.8, 4) is 50.2 Å². The molecule has 3 heteroatoms. The lowest BCUT2D eigenvalue weighted by atomic mass is 9.65. The molecule has 82 heavy (non-hydrogen) atoms. The molecule has 0 saturated heterocycles. The first-order valence-corrected chi connectivity index (χ1v) is 28.7. The number of nitrogens with zero attached hydrogens (tertiary/aromatic N) is 2. The van der Waals surface area contributed by atoms with Gasteiger partial charge in [-0.15, -0.1) is 0 Å². The van der Waals surface area contributed by atoms with Crippen LogP contribution in [0.3, 0.4) is 0 Å². The smallest absolute Gasteiger partial charge is 0.143 e. The number of fused-ring (bicyclic) bond motifs is 23. The van der Waals surface area contributed by atoms with Crippen LogP contribution in [-0.4, -0.2) is 4.57 Å². The third-order valence-corrected chi connectivity index (χ3v) is 18.5. The van der Waals surface area contributed by atoms with Gasteiger partial charge < -0.3 is 13.9 Å². The van der Waals surface area contributed by atoms with E-state index in [1.165, 1.54) is 116 Å². The van der Waals surface area contributed by atoms with Crippen LogP contribution >= 0.6 is 0 Å². The zero-order valence-electron chi connectivity index (χ0n) is 44.8. The van der Waals surface area contributed by atoms with E-state index >= 15 is 0 Å². The number of aromatic nitrogens is 1. The summed E-state index contributed by atoms with van der Waals surface area (Å²) in [6.45, 7) is 0. The quantitative estimate of drug-likeness (QED) is 0.175. The molecule has 0 bridgehead atoms. The predicted molar refractivity (Wildman–Crippen MR) is 339 cm³/mol. The number of anilines is 3. The molecule has 0 fully saturated rings. The highest BCUT2D eigenvalue weighted by molar-refractivity contribution is 6.15. The summed E-state index contributed by atoms with van der Waals surface area (Å²) >= 11 is 0. The van der Waals surface area contributed by atoms with Gasteiger partial charge in [-0.1, -0.05) is 237 Å². The lowest BCUT2D eigenvalue weighted by molar-refractivity contribution is 0.670. The summed E-state index contributed by atoms with van der Waals surface area (Å²) in [5, 5.41) is 7.21. The van der Waals surface area contributed by atoms with Gasteiger partial charge in [0.25, 0.3) is 0 Å². The van der Waals surface area contributed by atoms with E-state index in [1.54, 1.807) is 0 Å². The number of rotatable bonds is 4. The molecule has 3 aliphatic rings. The first-order chi connectivity index (χ1) is 40.7. The standard InChI is InChI=1S/C79H50N2O/c1-4-23-55-50(20-1)46-52-22-3-6-25-57(52)75-53(47-51-21-2-5-24-56(51)55)48-73(59-26-7-8-29-62(59)75)80(54-44-42-49(43-45-54)58-31-17-33-64-61-28-11-16-41-74(61)82-78(58)64)72-40-19-36-68-76(72)65-30-9-12-34-66(65)79(68)67-35-13-15-39-71(67)81-70-38-14-10-27-60(70)63-32-18-37-69(79)77(63)81/h1-45,48H,46-47H2. The summed E-state index contributed by atoms with van der Waals surface area (Å²) in [5.74, 6) is 0. The van der Waals surface area contributed by atoms with E-state index < -0.39 is 5.41 Å². The molecule has 1 aliphatic heterocycles. The Kier molecular flexibility index (Phi) is 9.55. The number of furan rings is 1. The normalized spacial score (nSPS) is 14.5. The monoisotopic (exact) mass is 1040 g/mol. The molecule has 1 spiro atoms. The van der Waals surface area contributed by atoms with Crippen molar-refractivity contribution in [2.45, 2.75) is 18.3 Å². The largest absolute Gasteiger partial charge is 0.455 e. The van der Waals surface area contributed by atoms with Gasteiger partial charge in [-0.2, -0.15) is 0 Å². The van der Waals surface area contributed by atoms with Crippen LogP contribution < -0.4 is 4.90 Å². The van der Waals surface area contributed by atoms with Crippen LogP contribution in [0.1, 0.15) is 44.5 Å². The second-order valence-electron chi connectivity index (χ2n) is 22.5. The van der Waals surface area contributed by atoms with Gasteiger partial charge in [0.2, 0.25) is 0 Å². The first-order valence-electron chi connectivity index (χ1n) is 28.7. The summed E-state index contributed by atoms with van der Waals surface area (Å²) in [6, 6.07) is 105. The second kappa shape index (κ2) is 17.3. The summed E-state index contributed by atoms with van der Waals surface area (Å²) in [6.07, 6.45) is 1.57. The van der Waals surface area contributed by atoms with Crippen molar-refractivity contribution in [1.29, 1.82) is 0 Å². The molecule has 0 N–H and O–H groups in total. The van der Waals surface area contributed by atoms with E-state index in [9.17, 15) is 0 Å². The Morgan fingerprint density at radius 1 is 0.341 bits per heavy atom. The van der Waals surface area contributed by atoms with Crippen LogP contribution in [-0.2, 0) is 18.3 Å². The molecule has 3 nitrogen and oxygen atoms in total. The molecule has 0 saturated carbocycles. The fraction of sp³-hybridized carbons (Fsp3) is 0.0380. The van der Waals surface area contributed by atoms with Crippen molar-refractivity contribution in [3.63, 3.8) is 0 Å². The van der Waals surface area contributed by atoms with Crippen LogP contribution in [0.5, 0.6) is 0 Å². The molecule has 3 heterocycles. The summed E-state index contributed by atoms with van der Waals surface area (Å²) in [5.41, 5.74) is 28.5. The molecule has 13 aromatic carbocycles. The van der Waals surface area contributed by atoms with Gasteiger partial charge in [0.15, 0.2) is 0 Å². The van der Waals surface area contributed by atoms with Crippen molar-refractivity contribution in [2.75, 3.05) is 4.90 Å². The molecule has 18 rings (SSSR count). The Bertz CT molecular complexity index is 5190. The number of hydrogen-bond acceptors (Lipinski definition) is 2. The molecule has 2 aliphatic carbocycles. The van der Waals surface area contributed by atoms with E-state index in [0.29, 0.717) is 0 Å². The molecule has 15 aromatic rings. The highest BCUT2D eigenvalue weighted by Crippen LogP contribution is 2.64. The van der Waals surface area contributed by atoms with Gasteiger partial charge in [0.05, 0.1) is 33.5 Å². The van der Waals surface area contributed by atoms with Crippen LogP contribution in [0.15, 0.2) is 283 Å². The van der Waals surface area contributed by atoms with Crippen LogP contribution in [0.25, 0.3) is 105 Å². The van der Waals surface area contributed by atoms with Crippen LogP contribution in [0.2, 0.25) is 0 Å². The minimum Gasteiger partial charge on any atom is -0.455 e. The van der Waals surface area contributed by atoms with Crippen molar-refractivity contribution in [3.05, 3.63) is 324 Å². The van der Waals surface area contributed by atoms with E-state index in [1.807, 2.05) is 0 Å². The lowest BCUT2D eigenvalue weighted by Gasteiger charge is -2.39. The fourth-order valence-electron chi connectivity index (χ4n) is 15.2. The molecule has 0 radical (unpaired) electrons. The van der Waals surface area contributed by atoms with Gasteiger partial charge in [-0.3, -0.25) is 0 Å². The van der Waals surface area contributed by atoms with Crippen molar-refractivity contribution < 1.29 is 4.42 Å². The highest BCUT2D eigenvalue weighted by Gasteiger charge is 2.52. The van der Waals surface area contributed by atoms with Crippen molar-refractivity contribution in [2.24, 2.45) is 0 Å². The molecule has 382 valence electrons. The first kappa shape index (κ1) is 45.4. The minimum atomic E-state index is -0.627. The maximum atomic E-state index is 6.67. The number of para-hydroxylation sites is 5. The highest BCUT2D eigenvalue weighted by atomic mass is 16.3. The summed E-state index contributed by atoms with van der Waals surface area (Å²) in [7, 11) is 0. The van der Waals surface area contributed by atoms with Gasteiger partial charge >= 0.3 is 0 Å². The maximum absolute atomic E-state index is 6.67. The average molecular weight is 1040 g/mol. The Morgan fingerprint density at radius 3 is 1.70 bits per heavy atom. The molecular weight excluding hydrogens is 993 g/mol. The molecular formula is C79H50N2O. The van der Waals surface area contributed by atoms with Crippen LogP contribution in [0, 0.1) is 0 Å². The van der Waals surface area contributed by atoms with E-state index in [4.69, 9.17) is 4.42 Å². The fourth-order valence-corrected chi connectivity index (χ4v) is 15.2. The molecule has 0 amide bonds. The van der Waals surface area contributed by atoms with Gasteiger partial charge in [0, 0.05) is 43.7 Å². The Balaban J connectivity index is 0.935. The van der Waals surface area contributed by atoms with E-state index in [-0.39, 0.29) is 0 Å². The van der Waals surface area contributed by atoms with Crippen molar-refractivity contribution >= 4 is 71.6 Å². The SMILES string of the molecule is c1ccc2c(c1)Cc1ccccc1-c1c(cc(N(c3ccc(-c4cccc5c4oc4ccccc45)cc3)c3cccc4c3-c3ccccc3C43c4ccccc4-n4c5ccccc5c5cccc3c54)c3ccccc13)Cc1ccccc1-2. The average Bonchev–Trinajstić information content (AvgIpc) is 1.74. The topological polar surface area (TPSA) is 21.3 Å². The Morgan fingerprint density at radius 2 is 0.890 bits per heavy atom. The summed E-state index contributed by atoms with van der Waals surface area (Å²) in [4.78, 5) is 2.60. The number of hydrogen-bond donors (Lipinski definition) is 0. The van der Waals surface area contributed by atoms with Crippen LogP contribution in [0.4, 0.5) is 17.1 Å². The van der Waals surface area contributed by atoms with E-state index in [2.05, 4.69) is 289 Å².